The van der Waals surface area contributed by atoms with Gasteiger partial charge in [-0.05, 0) is 30.7 Å². The van der Waals surface area contributed by atoms with Gasteiger partial charge in [0.25, 0.3) is 0 Å². The number of fused-ring (bicyclic) bond motifs is 1. The second-order valence-electron chi connectivity index (χ2n) is 6.21. The number of sulfonamides is 1. The lowest BCUT2D eigenvalue weighted by atomic mass is 10.1. The van der Waals surface area contributed by atoms with E-state index in [2.05, 4.69) is 4.72 Å². The third-order valence-electron chi connectivity index (χ3n) is 4.05. The Kier molecular flexibility index (Phi) is 5.91. The van der Waals surface area contributed by atoms with E-state index < -0.39 is 21.6 Å². The van der Waals surface area contributed by atoms with Crippen LogP contribution < -0.4 is 10.3 Å². The van der Waals surface area contributed by atoms with Crippen molar-refractivity contribution < 1.29 is 22.4 Å². The maximum atomic E-state index is 12.1. The zero-order valence-corrected chi connectivity index (χ0v) is 16.0. The van der Waals surface area contributed by atoms with Crippen LogP contribution in [0.15, 0.2) is 68.7 Å². The maximum Gasteiger partial charge on any atom is 0.336 e. The molecule has 1 N–H and O–H groups in total. The Bertz CT molecular complexity index is 1150. The fourth-order valence-electron chi connectivity index (χ4n) is 2.66. The Balaban J connectivity index is 1.58. The van der Waals surface area contributed by atoms with Gasteiger partial charge in [-0.1, -0.05) is 30.3 Å². The minimum Gasteiger partial charge on any atom is -0.461 e. The van der Waals surface area contributed by atoms with Gasteiger partial charge in [0, 0.05) is 23.6 Å². The Morgan fingerprint density at radius 3 is 2.61 bits per heavy atom. The highest BCUT2D eigenvalue weighted by Gasteiger charge is 2.14. The molecule has 28 heavy (non-hydrogen) atoms. The summed E-state index contributed by atoms with van der Waals surface area (Å²) in [5.41, 5.74) is 1.37. The molecule has 0 aliphatic carbocycles. The topological polar surface area (TPSA) is 103 Å². The first kappa shape index (κ1) is 19.8. The minimum absolute atomic E-state index is 0.0903. The van der Waals surface area contributed by atoms with Crippen molar-refractivity contribution >= 4 is 27.0 Å². The van der Waals surface area contributed by atoms with Gasteiger partial charge >= 0.3 is 11.6 Å². The highest BCUT2D eigenvalue weighted by Crippen LogP contribution is 2.19. The molecular formula is C20H19NO6S. The van der Waals surface area contributed by atoms with E-state index in [1.807, 2.05) is 13.0 Å². The fourth-order valence-corrected chi connectivity index (χ4v) is 3.71. The van der Waals surface area contributed by atoms with E-state index in [4.69, 9.17) is 9.15 Å². The number of hydrogen-bond donors (Lipinski definition) is 1. The third-order valence-corrected chi connectivity index (χ3v) is 5.53. The Morgan fingerprint density at radius 2 is 1.86 bits per heavy atom. The lowest BCUT2D eigenvalue weighted by Gasteiger charge is -2.09. The molecule has 146 valence electrons. The molecule has 0 aliphatic rings. The van der Waals surface area contributed by atoms with Crippen LogP contribution in [-0.4, -0.2) is 20.9 Å². The van der Waals surface area contributed by atoms with Crippen molar-refractivity contribution in [2.75, 3.05) is 6.54 Å². The van der Waals surface area contributed by atoms with Crippen molar-refractivity contribution in [2.24, 2.45) is 0 Å². The predicted molar refractivity (Wildman–Crippen MR) is 103 cm³/mol. The third kappa shape index (κ3) is 4.85. The average Bonchev–Trinajstić information content (AvgIpc) is 2.66. The summed E-state index contributed by atoms with van der Waals surface area (Å²) in [5, 5.41) is 0.683. The molecule has 3 aromatic rings. The number of carbonyl (C=O) groups is 1. The monoisotopic (exact) mass is 401 g/mol. The van der Waals surface area contributed by atoms with Crippen molar-refractivity contribution in [1.82, 2.24) is 4.72 Å². The molecule has 0 aliphatic heterocycles. The largest absolute Gasteiger partial charge is 0.461 e. The summed E-state index contributed by atoms with van der Waals surface area (Å²) in [7, 11) is -3.67. The van der Waals surface area contributed by atoms with Crippen LogP contribution >= 0.6 is 0 Å². The summed E-state index contributed by atoms with van der Waals surface area (Å²) in [6, 6.07) is 14.6. The van der Waals surface area contributed by atoms with Gasteiger partial charge in [-0.15, -0.1) is 0 Å². The summed E-state index contributed by atoms with van der Waals surface area (Å²) in [6.45, 7) is 1.69. The molecule has 0 amide bonds. The number of aryl methyl sites for hydroxylation is 1. The van der Waals surface area contributed by atoms with Gasteiger partial charge in [0.05, 0.1) is 11.3 Å². The van der Waals surface area contributed by atoms with E-state index in [0.717, 1.165) is 5.56 Å². The first-order valence-electron chi connectivity index (χ1n) is 8.59. The van der Waals surface area contributed by atoms with Crippen molar-refractivity contribution in [2.45, 2.75) is 24.8 Å². The lowest BCUT2D eigenvalue weighted by molar-refractivity contribution is -0.144. The number of carbonyl (C=O) groups excluding carboxylic acids is 1. The van der Waals surface area contributed by atoms with Crippen LogP contribution in [0.2, 0.25) is 0 Å². The Morgan fingerprint density at radius 1 is 1.11 bits per heavy atom. The maximum absolute atomic E-state index is 12.1. The fraction of sp³-hybridized carbons (Fsp3) is 0.200. The van der Waals surface area contributed by atoms with Gasteiger partial charge < -0.3 is 9.15 Å². The van der Waals surface area contributed by atoms with Gasteiger partial charge in [0.2, 0.25) is 10.0 Å². The van der Waals surface area contributed by atoms with Gasteiger partial charge in [-0.3, -0.25) is 4.79 Å². The molecule has 0 saturated carbocycles. The van der Waals surface area contributed by atoms with Crippen LogP contribution in [0.1, 0.15) is 17.5 Å². The number of nitrogens with one attached hydrogen (secondary N) is 1. The molecule has 0 fully saturated rings. The van der Waals surface area contributed by atoms with Crippen LogP contribution in [0.5, 0.6) is 0 Å². The van der Waals surface area contributed by atoms with E-state index in [1.165, 1.54) is 18.2 Å². The molecule has 7 nitrogen and oxygen atoms in total. The molecule has 2 aromatic carbocycles. The molecule has 1 heterocycles. The summed E-state index contributed by atoms with van der Waals surface area (Å²) in [4.78, 5) is 23.8. The van der Waals surface area contributed by atoms with Crippen molar-refractivity contribution in [3.05, 3.63) is 76.1 Å². The molecule has 0 spiro atoms. The van der Waals surface area contributed by atoms with Crippen molar-refractivity contribution in [3.8, 4) is 0 Å². The Labute approximate surface area is 162 Å². The number of benzene rings is 2. The van der Waals surface area contributed by atoms with Crippen molar-refractivity contribution in [1.29, 1.82) is 0 Å². The number of hydrogen-bond acceptors (Lipinski definition) is 6. The zero-order valence-electron chi connectivity index (χ0n) is 15.2. The summed E-state index contributed by atoms with van der Waals surface area (Å²) < 4.78 is 36.9. The summed E-state index contributed by atoms with van der Waals surface area (Å²) in [5.74, 6) is -0.579. The highest BCUT2D eigenvalue weighted by atomic mass is 32.2. The molecule has 8 heteroatoms. The van der Waals surface area contributed by atoms with Gasteiger partial charge in [0.15, 0.2) is 0 Å². The minimum atomic E-state index is -3.67. The summed E-state index contributed by atoms with van der Waals surface area (Å²) in [6.07, 6.45) is -0.134. The van der Waals surface area contributed by atoms with E-state index in [9.17, 15) is 18.0 Å². The van der Waals surface area contributed by atoms with E-state index >= 15 is 0 Å². The van der Waals surface area contributed by atoms with Crippen LogP contribution in [0.25, 0.3) is 11.0 Å². The second-order valence-corrected chi connectivity index (χ2v) is 7.98. The second kappa shape index (κ2) is 8.37. The summed E-state index contributed by atoms with van der Waals surface area (Å²) >= 11 is 0. The number of ether oxygens (including phenoxy) is 1. The van der Waals surface area contributed by atoms with Crippen LogP contribution in [0.3, 0.4) is 0 Å². The van der Waals surface area contributed by atoms with E-state index in [-0.39, 0.29) is 24.5 Å². The predicted octanol–water partition coefficient (Wildman–Crippen LogP) is 2.51. The first-order valence-corrected chi connectivity index (χ1v) is 10.1. The molecule has 0 saturated heterocycles. The molecular weight excluding hydrogens is 382 g/mol. The number of rotatable bonds is 7. The normalized spacial score (nSPS) is 11.5. The smallest absolute Gasteiger partial charge is 0.336 e. The lowest BCUT2D eigenvalue weighted by Crippen LogP contribution is -2.26. The van der Waals surface area contributed by atoms with Gasteiger partial charge in [-0.2, -0.15) is 0 Å². The molecule has 0 unspecified atom stereocenters. The standard InChI is InChI=1S/C20H19NO6S/c1-14-7-8-17-15(12-20(23)27-18(17)11-14)13-26-19(22)9-10-21-28(24,25)16-5-3-2-4-6-16/h2-8,11-12,21H,9-10,13H2,1H3. The van der Waals surface area contributed by atoms with Crippen LogP contribution in [-0.2, 0) is 26.2 Å². The van der Waals surface area contributed by atoms with Crippen LogP contribution in [0.4, 0.5) is 0 Å². The molecule has 0 bridgehead atoms. The zero-order chi connectivity index (χ0) is 20.1. The Hall–Kier alpha value is -2.97. The quantitative estimate of drug-likeness (QED) is 0.482. The van der Waals surface area contributed by atoms with Crippen LogP contribution in [0, 0.1) is 6.92 Å². The van der Waals surface area contributed by atoms with Gasteiger partial charge in [0.1, 0.15) is 12.2 Å². The SMILES string of the molecule is Cc1ccc2c(COC(=O)CCNS(=O)(=O)c3ccccc3)cc(=O)oc2c1. The van der Waals surface area contributed by atoms with Crippen molar-refractivity contribution in [3.63, 3.8) is 0 Å². The van der Waals surface area contributed by atoms with E-state index in [1.54, 1.807) is 30.3 Å². The number of esters is 1. The molecule has 0 radical (unpaired) electrons. The first-order chi connectivity index (χ1) is 13.3. The molecule has 3 rings (SSSR count). The molecule has 0 atom stereocenters. The van der Waals surface area contributed by atoms with Gasteiger partial charge in [-0.25, -0.2) is 17.9 Å². The average molecular weight is 401 g/mol. The molecule has 1 aromatic heterocycles. The highest BCUT2D eigenvalue weighted by molar-refractivity contribution is 7.89. The van der Waals surface area contributed by atoms with E-state index in [0.29, 0.717) is 16.5 Å².